The maximum absolute atomic E-state index is 9.91. The van der Waals surface area contributed by atoms with Gasteiger partial charge in [-0.05, 0) is 12.5 Å². The van der Waals surface area contributed by atoms with E-state index in [1.165, 1.54) is 0 Å². The lowest BCUT2D eigenvalue weighted by atomic mass is 10.3. The largest absolute Gasteiger partial charge is 0.380 e. The van der Waals surface area contributed by atoms with Gasteiger partial charge in [-0.15, -0.1) is 0 Å². The fourth-order valence-electron chi connectivity index (χ4n) is 0.715. The van der Waals surface area contributed by atoms with Crippen molar-refractivity contribution in [2.45, 2.75) is 6.92 Å². The second-order valence-corrected chi connectivity index (χ2v) is 2.58. The van der Waals surface area contributed by atoms with Crippen molar-refractivity contribution in [3.05, 3.63) is 21.8 Å². The van der Waals surface area contributed by atoms with E-state index in [-0.39, 0.29) is 5.96 Å². The molecule has 0 rings (SSSR count). The Morgan fingerprint density at radius 3 is 2.93 bits per heavy atom. The van der Waals surface area contributed by atoms with Gasteiger partial charge in [-0.3, -0.25) is 0 Å². The first kappa shape index (κ1) is 12.4. The average molecular weight is 202 g/mol. The van der Waals surface area contributed by atoms with Gasteiger partial charge in [0.15, 0.2) is 5.03 Å². The zero-order valence-electron chi connectivity index (χ0n) is 8.19. The van der Waals surface area contributed by atoms with Gasteiger partial charge in [-0.1, -0.05) is 11.5 Å². The third kappa shape index (κ3) is 7.04. The Kier molecular flexibility index (Phi) is 6.04. The molecule has 0 aliphatic rings. The molecule has 0 fully saturated rings. The molecular formula is C7H14N4O3. The fraction of sp³-hybridized carbons (Fsp3) is 0.571. The SMILES string of the molecule is COCC(C)=CCN=C(N)N[N+](=O)[O-]. The van der Waals surface area contributed by atoms with Crippen molar-refractivity contribution < 1.29 is 9.77 Å². The van der Waals surface area contributed by atoms with Crippen molar-refractivity contribution in [3.63, 3.8) is 0 Å². The van der Waals surface area contributed by atoms with Crippen molar-refractivity contribution in [2.75, 3.05) is 20.3 Å². The number of nitro groups is 1. The Bertz CT molecular complexity index is 249. The van der Waals surface area contributed by atoms with E-state index in [0.717, 1.165) is 5.57 Å². The van der Waals surface area contributed by atoms with Crippen LogP contribution in [0.2, 0.25) is 0 Å². The predicted octanol–water partition coefficient (Wildman–Crippen LogP) is -0.325. The number of nitrogens with one attached hydrogen (secondary N) is 1. The van der Waals surface area contributed by atoms with E-state index in [9.17, 15) is 10.1 Å². The first-order valence-corrected chi connectivity index (χ1v) is 3.91. The van der Waals surface area contributed by atoms with Gasteiger partial charge in [-0.2, -0.15) is 0 Å². The topological polar surface area (TPSA) is 103 Å². The number of hydrogen-bond acceptors (Lipinski definition) is 4. The summed E-state index contributed by atoms with van der Waals surface area (Å²) in [6.07, 6.45) is 1.78. The van der Waals surface area contributed by atoms with Crippen LogP contribution >= 0.6 is 0 Å². The van der Waals surface area contributed by atoms with Gasteiger partial charge >= 0.3 is 0 Å². The highest BCUT2D eigenvalue weighted by atomic mass is 16.7. The maximum atomic E-state index is 9.91. The minimum atomic E-state index is -0.759. The molecule has 0 aromatic heterocycles. The summed E-state index contributed by atoms with van der Waals surface area (Å²) in [5, 5.41) is 9.15. The molecule has 80 valence electrons. The standard InChI is InChI=1S/C7H14N4O3/c1-6(5-14-2)3-4-9-7(8)10-11(12)13/h3H,4-5H2,1-2H3,(H3,8,9,10). The highest BCUT2D eigenvalue weighted by Gasteiger charge is 1.96. The second-order valence-electron chi connectivity index (χ2n) is 2.58. The predicted molar refractivity (Wildman–Crippen MR) is 52.3 cm³/mol. The number of ether oxygens (including phenoxy) is 1. The van der Waals surface area contributed by atoms with Crippen LogP contribution in [0.1, 0.15) is 6.92 Å². The van der Waals surface area contributed by atoms with Crippen LogP contribution in [-0.2, 0) is 4.74 Å². The summed E-state index contributed by atoms with van der Waals surface area (Å²) in [5.74, 6) is -0.212. The van der Waals surface area contributed by atoms with Gasteiger partial charge in [0.25, 0.3) is 5.96 Å². The zero-order chi connectivity index (χ0) is 11.0. The third-order valence-electron chi connectivity index (χ3n) is 1.28. The normalized spacial score (nSPS) is 12.7. The first-order valence-electron chi connectivity index (χ1n) is 3.91. The molecule has 0 aromatic rings. The summed E-state index contributed by atoms with van der Waals surface area (Å²) in [4.78, 5) is 13.6. The molecule has 0 aliphatic heterocycles. The Hall–Kier alpha value is -1.63. The number of aliphatic imine (C=N–C) groups is 1. The van der Waals surface area contributed by atoms with Gasteiger partial charge in [0, 0.05) is 7.11 Å². The van der Waals surface area contributed by atoms with E-state index >= 15 is 0 Å². The maximum Gasteiger partial charge on any atom is 0.251 e. The number of nitrogens with two attached hydrogens (primary N) is 1. The van der Waals surface area contributed by atoms with E-state index in [4.69, 9.17) is 10.5 Å². The van der Waals surface area contributed by atoms with Crippen LogP contribution in [0.25, 0.3) is 0 Å². The molecule has 0 spiro atoms. The lowest BCUT2D eigenvalue weighted by Gasteiger charge is -1.97. The molecule has 0 amide bonds. The molecule has 7 nitrogen and oxygen atoms in total. The van der Waals surface area contributed by atoms with Gasteiger partial charge in [-0.25, -0.2) is 15.1 Å². The van der Waals surface area contributed by atoms with E-state index in [1.54, 1.807) is 18.6 Å². The summed E-state index contributed by atoms with van der Waals surface area (Å²) >= 11 is 0. The molecule has 14 heavy (non-hydrogen) atoms. The van der Waals surface area contributed by atoms with Gasteiger partial charge < -0.3 is 10.5 Å². The molecule has 0 aromatic carbocycles. The summed E-state index contributed by atoms with van der Waals surface area (Å²) < 4.78 is 4.85. The number of hydrogen-bond donors (Lipinski definition) is 2. The van der Waals surface area contributed by atoms with Crippen LogP contribution in [0.4, 0.5) is 0 Å². The molecule has 7 heteroatoms. The van der Waals surface area contributed by atoms with Crippen molar-refractivity contribution in [1.82, 2.24) is 5.43 Å². The van der Waals surface area contributed by atoms with E-state index < -0.39 is 5.03 Å². The van der Waals surface area contributed by atoms with Crippen molar-refractivity contribution in [1.29, 1.82) is 0 Å². The average Bonchev–Trinajstić information content (AvgIpc) is 2.02. The van der Waals surface area contributed by atoms with Crippen LogP contribution in [0.5, 0.6) is 0 Å². The van der Waals surface area contributed by atoms with Gasteiger partial charge in [0.2, 0.25) is 0 Å². The molecule has 0 saturated carbocycles. The molecular weight excluding hydrogens is 188 g/mol. The Labute approximate surface area is 81.8 Å². The number of nitrogens with zero attached hydrogens (tertiary/aromatic N) is 2. The Morgan fingerprint density at radius 1 is 1.79 bits per heavy atom. The summed E-state index contributed by atoms with van der Waals surface area (Å²) in [6, 6.07) is 0. The van der Waals surface area contributed by atoms with Crippen molar-refractivity contribution in [2.24, 2.45) is 10.7 Å². The Morgan fingerprint density at radius 2 is 2.43 bits per heavy atom. The van der Waals surface area contributed by atoms with E-state index in [0.29, 0.717) is 13.2 Å². The zero-order valence-corrected chi connectivity index (χ0v) is 8.19. The van der Waals surface area contributed by atoms with Crippen LogP contribution in [0.15, 0.2) is 16.6 Å². The Balaban J connectivity index is 3.90. The van der Waals surface area contributed by atoms with E-state index in [2.05, 4.69) is 4.99 Å². The quantitative estimate of drug-likeness (QED) is 0.209. The molecule has 0 atom stereocenters. The molecule has 0 bridgehead atoms. The van der Waals surface area contributed by atoms with Crippen LogP contribution < -0.4 is 11.2 Å². The molecule has 0 unspecified atom stereocenters. The van der Waals surface area contributed by atoms with Gasteiger partial charge in [0.1, 0.15) is 0 Å². The van der Waals surface area contributed by atoms with Crippen LogP contribution in [-0.4, -0.2) is 31.3 Å². The summed E-state index contributed by atoms with van der Waals surface area (Å²) in [7, 11) is 1.59. The minimum Gasteiger partial charge on any atom is -0.380 e. The van der Waals surface area contributed by atoms with Crippen LogP contribution in [0, 0.1) is 10.1 Å². The smallest absolute Gasteiger partial charge is 0.251 e. The number of methoxy groups -OCH3 is 1. The second kappa shape index (κ2) is 6.84. The minimum absolute atomic E-state index is 0.212. The lowest BCUT2D eigenvalue weighted by Crippen LogP contribution is -2.36. The fourth-order valence-corrected chi connectivity index (χ4v) is 0.715. The first-order chi connectivity index (χ1) is 6.56. The summed E-state index contributed by atoms with van der Waals surface area (Å²) in [6.45, 7) is 2.68. The summed E-state index contributed by atoms with van der Waals surface area (Å²) in [5.41, 5.74) is 7.90. The number of rotatable bonds is 5. The number of hydrazine groups is 1. The van der Waals surface area contributed by atoms with Crippen molar-refractivity contribution in [3.8, 4) is 0 Å². The van der Waals surface area contributed by atoms with Gasteiger partial charge in [0.05, 0.1) is 13.2 Å². The van der Waals surface area contributed by atoms with E-state index in [1.807, 2.05) is 6.92 Å². The monoisotopic (exact) mass is 202 g/mol. The highest BCUT2D eigenvalue weighted by molar-refractivity contribution is 5.76. The molecule has 3 N–H and O–H groups in total. The molecule has 0 saturated heterocycles. The molecule has 0 heterocycles. The van der Waals surface area contributed by atoms with Crippen LogP contribution in [0.3, 0.4) is 0 Å². The number of guanidine groups is 1. The third-order valence-corrected chi connectivity index (χ3v) is 1.28. The highest BCUT2D eigenvalue weighted by Crippen LogP contribution is 1.91. The lowest BCUT2D eigenvalue weighted by molar-refractivity contribution is -0.525. The molecule has 0 aliphatic carbocycles. The molecule has 0 radical (unpaired) electrons. The van der Waals surface area contributed by atoms with Crippen molar-refractivity contribution >= 4 is 5.96 Å².